The standard InChI is InChI=1S/C15H22N2/c1-11(2)8-13(16)9-12-10-17(3)15-7-5-4-6-14(12)15/h4-7,10-11,13H,8-9,16H2,1-3H3. The van der Waals surface area contributed by atoms with Crippen LogP contribution in [0.2, 0.25) is 0 Å². The van der Waals surface area contributed by atoms with Gasteiger partial charge in [0.05, 0.1) is 0 Å². The number of rotatable bonds is 4. The Labute approximate surface area is 103 Å². The van der Waals surface area contributed by atoms with E-state index in [2.05, 4.69) is 55.9 Å². The summed E-state index contributed by atoms with van der Waals surface area (Å²) < 4.78 is 2.19. The molecule has 2 aromatic rings. The van der Waals surface area contributed by atoms with Crippen LogP contribution in [0.25, 0.3) is 10.9 Å². The zero-order valence-electron chi connectivity index (χ0n) is 11.0. The molecule has 0 amide bonds. The number of aromatic nitrogens is 1. The zero-order chi connectivity index (χ0) is 12.4. The van der Waals surface area contributed by atoms with Crippen LogP contribution in [0.15, 0.2) is 30.5 Å². The lowest BCUT2D eigenvalue weighted by Crippen LogP contribution is -2.24. The van der Waals surface area contributed by atoms with E-state index >= 15 is 0 Å². The van der Waals surface area contributed by atoms with Gasteiger partial charge in [0.2, 0.25) is 0 Å². The number of fused-ring (bicyclic) bond motifs is 1. The van der Waals surface area contributed by atoms with Crippen molar-refractivity contribution in [3.05, 3.63) is 36.0 Å². The van der Waals surface area contributed by atoms with Crippen LogP contribution >= 0.6 is 0 Å². The molecule has 1 heterocycles. The molecule has 1 aromatic carbocycles. The van der Waals surface area contributed by atoms with E-state index in [1.54, 1.807) is 0 Å². The van der Waals surface area contributed by atoms with Crippen LogP contribution < -0.4 is 5.73 Å². The molecule has 0 saturated heterocycles. The molecule has 2 N–H and O–H groups in total. The molecule has 0 aliphatic rings. The van der Waals surface area contributed by atoms with Crippen LogP contribution in [-0.4, -0.2) is 10.6 Å². The Kier molecular flexibility index (Phi) is 3.53. The first-order chi connectivity index (χ1) is 8.08. The number of nitrogens with zero attached hydrogens (tertiary/aromatic N) is 1. The smallest absolute Gasteiger partial charge is 0.0480 e. The molecule has 2 rings (SSSR count). The Morgan fingerprint density at radius 2 is 1.94 bits per heavy atom. The molecule has 2 nitrogen and oxygen atoms in total. The Morgan fingerprint density at radius 3 is 2.65 bits per heavy atom. The average Bonchev–Trinajstić information content (AvgIpc) is 2.55. The highest BCUT2D eigenvalue weighted by Crippen LogP contribution is 2.22. The van der Waals surface area contributed by atoms with Crippen molar-refractivity contribution in [1.29, 1.82) is 0 Å². The first kappa shape index (κ1) is 12.2. The number of hydrogen-bond donors (Lipinski definition) is 1. The summed E-state index contributed by atoms with van der Waals surface area (Å²) in [4.78, 5) is 0. The van der Waals surface area contributed by atoms with Crippen molar-refractivity contribution in [2.75, 3.05) is 0 Å². The van der Waals surface area contributed by atoms with Crippen molar-refractivity contribution in [3.8, 4) is 0 Å². The fraction of sp³-hybridized carbons (Fsp3) is 0.467. The maximum absolute atomic E-state index is 6.20. The van der Waals surface area contributed by atoms with Crippen LogP contribution in [0.4, 0.5) is 0 Å². The largest absolute Gasteiger partial charge is 0.350 e. The summed E-state index contributed by atoms with van der Waals surface area (Å²) in [6, 6.07) is 8.79. The topological polar surface area (TPSA) is 30.9 Å². The van der Waals surface area contributed by atoms with Gasteiger partial charge in [-0.2, -0.15) is 0 Å². The average molecular weight is 230 g/mol. The second kappa shape index (κ2) is 4.92. The van der Waals surface area contributed by atoms with Crippen LogP contribution in [0.3, 0.4) is 0 Å². The Hall–Kier alpha value is -1.28. The lowest BCUT2D eigenvalue weighted by molar-refractivity contribution is 0.494. The molecular formula is C15H22N2. The van der Waals surface area contributed by atoms with Crippen molar-refractivity contribution in [1.82, 2.24) is 4.57 Å². The molecule has 92 valence electrons. The third-order valence-electron chi connectivity index (χ3n) is 3.24. The van der Waals surface area contributed by atoms with E-state index < -0.39 is 0 Å². The van der Waals surface area contributed by atoms with Gasteiger partial charge in [0.25, 0.3) is 0 Å². The van der Waals surface area contributed by atoms with Gasteiger partial charge in [0.1, 0.15) is 0 Å². The number of hydrogen-bond acceptors (Lipinski definition) is 1. The molecule has 1 aromatic heterocycles. The first-order valence-corrected chi connectivity index (χ1v) is 6.36. The van der Waals surface area contributed by atoms with Crippen molar-refractivity contribution in [2.24, 2.45) is 18.7 Å². The minimum Gasteiger partial charge on any atom is -0.350 e. The number of para-hydroxylation sites is 1. The summed E-state index contributed by atoms with van der Waals surface area (Å²) in [7, 11) is 2.10. The Balaban J connectivity index is 2.24. The van der Waals surface area contributed by atoms with Gasteiger partial charge in [-0.25, -0.2) is 0 Å². The summed E-state index contributed by atoms with van der Waals surface area (Å²) in [6.45, 7) is 4.45. The van der Waals surface area contributed by atoms with E-state index in [1.165, 1.54) is 16.5 Å². The first-order valence-electron chi connectivity index (χ1n) is 6.36. The number of nitrogens with two attached hydrogens (primary N) is 1. The van der Waals surface area contributed by atoms with Gasteiger partial charge in [-0.05, 0) is 30.4 Å². The van der Waals surface area contributed by atoms with Crippen molar-refractivity contribution in [2.45, 2.75) is 32.7 Å². The third-order valence-corrected chi connectivity index (χ3v) is 3.24. The SMILES string of the molecule is CC(C)CC(N)Cc1cn(C)c2ccccc12. The summed E-state index contributed by atoms with van der Waals surface area (Å²) in [6.07, 6.45) is 4.27. The van der Waals surface area contributed by atoms with Gasteiger partial charge < -0.3 is 10.3 Å². The highest BCUT2D eigenvalue weighted by Gasteiger charge is 2.11. The highest BCUT2D eigenvalue weighted by atomic mass is 14.9. The Morgan fingerprint density at radius 1 is 1.24 bits per heavy atom. The quantitative estimate of drug-likeness (QED) is 0.859. The second-order valence-corrected chi connectivity index (χ2v) is 5.38. The van der Waals surface area contributed by atoms with Gasteiger partial charge in [-0.1, -0.05) is 32.0 Å². The lowest BCUT2D eigenvalue weighted by Gasteiger charge is -2.13. The number of aryl methyl sites for hydroxylation is 1. The summed E-state index contributed by atoms with van der Waals surface area (Å²) in [5.74, 6) is 0.667. The molecule has 17 heavy (non-hydrogen) atoms. The molecule has 0 radical (unpaired) electrons. The minimum atomic E-state index is 0.265. The maximum atomic E-state index is 6.20. The molecule has 2 heteroatoms. The maximum Gasteiger partial charge on any atom is 0.0480 e. The third kappa shape index (κ3) is 2.70. The van der Waals surface area contributed by atoms with Crippen molar-refractivity contribution < 1.29 is 0 Å². The fourth-order valence-corrected chi connectivity index (χ4v) is 2.56. The molecule has 0 spiro atoms. The summed E-state index contributed by atoms with van der Waals surface area (Å²) >= 11 is 0. The van der Waals surface area contributed by atoms with E-state index in [-0.39, 0.29) is 6.04 Å². The van der Waals surface area contributed by atoms with Gasteiger partial charge in [0.15, 0.2) is 0 Å². The monoisotopic (exact) mass is 230 g/mol. The van der Waals surface area contributed by atoms with Gasteiger partial charge in [-0.3, -0.25) is 0 Å². The predicted molar refractivity (Wildman–Crippen MR) is 74.1 cm³/mol. The molecule has 0 aliphatic carbocycles. The Bertz CT molecular complexity index is 497. The normalized spacial score (nSPS) is 13.5. The molecule has 0 bridgehead atoms. The summed E-state index contributed by atoms with van der Waals surface area (Å²) in [5, 5.41) is 1.34. The van der Waals surface area contributed by atoms with E-state index in [9.17, 15) is 0 Å². The van der Waals surface area contributed by atoms with Crippen LogP contribution in [-0.2, 0) is 13.5 Å². The molecule has 1 unspecified atom stereocenters. The second-order valence-electron chi connectivity index (χ2n) is 5.38. The lowest BCUT2D eigenvalue weighted by atomic mass is 9.98. The summed E-state index contributed by atoms with van der Waals surface area (Å²) in [5.41, 5.74) is 8.86. The minimum absolute atomic E-state index is 0.265. The molecule has 0 fully saturated rings. The van der Waals surface area contributed by atoms with Crippen LogP contribution in [0, 0.1) is 5.92 Å². The van der Waals surface area contributed by atoms with E-state index in [0.29, 0.717) is 5.92 Å². The zero-order valence-corrected chi connectivity index (χ0v) is 11.0. The molecule has 0 saturated carbocycles. The van der Waals surface area contributed by atoms with Crippen molar-refractivity contribution >= 4 is 10.9 Å². The highest BCUT2D eigenvalue weighted by molar-refractivity contribution is 5.83. The molecule has 1 atom stereocenters. The number of benzene rings is 1. The van der Waals surface area contributed by atoms with Crippen molar-refractivity contribution in [3.63, 3.8) is 0 Å². The van der Waals surface area contributed by atoms with E-state index in [1.807, 2.05) is 0 Å². The van der Waals surface area contributed by atoms with Crippen LogP contribution in [0.1, 0.15) is 25.8 Å². The van der Waals surface area contributed by atoms with E-state index in [4.69, 9.17) is 5.73 Å². The van der Waals surface area contributed by atoms with Gasteiger partial charge >= 0.3 is 0 Å². The molecule has 0 aliphatic heterocycles. The molecular weight excluding hydrogens is 208 g/mol. The fourth-order valence-electron chi connectivity index (χ4n) is 2.56. The predicted octanol–water partition coefficient (Wildman–Crippen LogP) is 3.09. The van der Waals surface area contributed by atoms with E-state index in [0.717, 1.165) is 12.8 Å². The van der Waals surface area contributed by atoms with Gasteiger partial charge in [0, 0.05) is 30.2 Å². The van der Waals surface area contributed by atoms with Gasteiger partial charge in [-0.15, -0.1) is 0 Å². The van der Waals surface area contributed by atoms with Crippen LogP contribution in [0.5, 0.6) is 0 Å².